The number of nitrogens with one attached hydrogen (secondary N) is 1. The smallest absolute Gasteiger partial charge is 0.247 e. The first-order valence-electron chi connectivity index (χ1n) is 7.08. The number of likely N-dealkylation sites (N-methyl/N-ethyl adjacent to an activating group) is 1. The van der Waals surface area contributed by atoms with Crippen LogP contribution in [0.1, 0.15) is 25.2 Å². The zero-order valence-electron chi connectivity index (χ0n) is 13.5. The van der Waals surface area contributed by atoms with E-state index in [1.165, 1.54) is 4.31 Å². The Morgan fingerprint density at radius 1 is 1.43 bits per heavy atom. The second-order valence-electron chi connectivity index (χ2n) is 5.28. The topological polar surface area (TPSA) is 67.2 Å². The van der Waals surface area contributed by atoms with Crippen molar-refractivity contribution in [3.8, 4) is 0 Å². The molecule has 0 saturated carbocycles. The highest BCUT2D eigenvalue weighted by atomic mass is 32.2. The molecule has 0 bridgehead atoms. The summed E-state index contributed by atoms with van der Waals surface area (Å²) in [5.74, 6) is 0. The molecule has 1 N–H and O–H groups in total. The van der Waals surface area contributed by atoms with Gasteiger partial charge in [0.1, 0.15) is 4.90 Å². The highest BCUT2D eigenvalue weighted by Crippen LogP contribution is 2.24. The van der Waals surface area contributed by atoms with Crippen molar-refractivity contribution >= 4 is 10.0 Å². The Kier molecular flexibility index (Phi) is 6.12. The van der Waals surface area contributed by atoms with Gasteiger partial charge in [-0.25, -0.2) is 8.42 Å². The fourth-order valence-electron chi connectivity index (χ4n) is 2.32. The number of rotatable bonds is 8. The van der Waals surface area contributed by atoms with E-state index >= 15 is 0 Å². The van der Waals surface area contributed by atoms with E-state index in [-0.39, 0.29) is 6.04 Å². The van der Waals surface area contributed by atoms with Crippen molar-refractivity contribution in [2.24, 2.45) is 0 Å². The summed E-state index contributed by atoms with van der Waals surface area (Å²) in [5.41, 5.74) is 1.22. The average Bonchev–Trinajstić information content (AvgIpc) is 2.68. The Bertz CT molecular complexity index is 590. The number of aromatic nitrogens is 2. The standard InChI is InChI=1S/C14H26N4O2S/c1-7-9-18(11(2)3)21(19,20)14-12(4)16-17(13(14)5)10-8-15-6/h7,11,15H,1,8-10H2,2-6H3. The Labute approximate surface area is 127 Å². The van der Waals surface area contributed by atoms with E-state index < -0.39 is 10.0 Å². The van der Waals surface area contributed by atoms with Crippen LogP contribution >= 0.6 is 0 Å². The summed E-state index contributed by atoms with van der Waals surface area (Å²) in [6.45, 7) is 12.6. The minimum absolute atomic E-state index is 0.132. The van der Waals surface area contributed by atoms with Crippen molar-refractivity contribution in [2.45, 2.75) is 45.2 Å². The monoisotopic (exact) mass is 314 g/mol. The van der Waals surface area contributed by atoms with Gasteiger partial charge in [-0.05, 0) is 34.7 Å². The van der Waals surface area contributed by atoms with Gasteiger partial charge in [0.2, 0.25) is 10.0 Å². The van der Waals surface area contributed by atoms with Crippen molar-refractivity contribution in [3.05, 3.63) is 24.0 Å². The lowest BCUT2D eigenvalue weighted by Gasteiger charge is -2.24. The van der Waals surface area contributed by atoms with Crippen LogP contribution in [0.4, 0.5) is 0 Å². The van der Waals surface area contributed by atoms with Gasteiger partial charge in [0.05, 0.1) is 17.9 Å². The predicted octanol–water partition coefficient (Wildman–Crippen LogP) is 1.30. The van der Waals surface area contributed by atoms with Gasteiger partial charge in [0.25, 0.3) is 0 Å². The summed E-state index contributed by atoms with van der Waals surface area (Å²) in [4.78, 5) is 0.314. The third-order valence-corrected chi connectivity index (χ3v) is 5.64. The first-order chi connectivity index (χ1) is 9.77. The van der Waals surface area contributed by atoms with E-state index in [0.717, 1.165) is 6.54 Å². The second kappa shape index (κ2) is 7.20. The quantitative estimate of drug-likeness (QED) is 0.735. The first kappa shape index (κ1) is 17.9. The lowest BCUT2D eigenvalue weighted by atomic mass is 10.4. The Balaban J connectivity index is 3.30. The maximum Gasteiger partial charge on any atom is 0.247 e. The van der Waals surface area contributed by atoms with Crippen molar-refractivity contribution in [3.63, 3.8) is 0 Å². The molecule has 0 aromatic carbocycles. The average molecular weight is 314 g/mol. The largest absolute Gasteiger partial charge is 0.318 e. The molecule has 0 unspecified atom stereocenters. The molecule has 21 heavy (non-hydrogen) atoms. The number of aryl methyl sites for hydroxylation is 1. The highest BCUT2D eigenvalue weighted by molar-refractivity contribution is 7.89. The summed E-state index contributed by atoms with van der Waals surface area (Å²) in [5, 5.41) is 7.40. The molecule has 0 aliphatic carbocycles. The molecular weight excluding hydrogens is 288 g/mol. The molecule has 7 heteroatoms. The first-order valence-corrected chi connectivity index (χ1v) is 8.52. The van der Waals surface area contributed by atoms with E-state index in [2.05, 4.69) is 17.0 Å². The second-order valence-corrected chi connectivity index (χ2v) is 7.11. The van der Waals surface area contributed by atoms with E-state index in [1.54, 1.807) is 24.6 Å². The maximum absolute atomic E-state index is 12.9. The molecule has 0 fully saturated rings. The number of nitrogens with zero attached hydrogens (tertiary/aromatic N) is 3. The van der Waals surface area contributed by atoms with Gasteiger partial charge in [-0.3, -0.25) is 4.68 Å². The van der Waals surface area contributed by atoms with Gasteiger partial charge in [0, 0.05) is 19.1 Å². The summed E-state index contributed by atoms with van der Waals surface area (Å²) in [6, 6.07) is -0.132. The van der Waals surface area contributed by atoms with Crippen molar-refractivity contribution in [2.75, 3.05) is 20.1 Å². The number of sulfonamides is 1. The van der Waals surface area contributed by atoms with Gasteiger partial charge in [0.15, 0.2) is 0 Å². The minimum atomic E-state index is -3.57. The molecule has 0 atom stereocenters. The van der Waals surface area contributed by atoms with Gasteiger partial charge >= 0.3 is 0 Å². The fourth-order valence-corrected chi connectivity index (χ4v) is 4.30. The zero-order valence-corrected chi connectivity index (χ0v) is 14.4. The molecule has 1 aromatic heterocycles. The fraction of sp³-hybridized carbons (Fsp3) is 0.643. The van der Waals surface area contributed by atoms with Crippen LogP contribution in [0.25, 0.3) is 0 Å². The van der Waals surface area contributed by atoms with Crippen LogP contribution < -0.4 is 5.32 Å². The Hall–Kier alpha value is -1.18. The molecule has 120 valence electrons. The van der Waals surface area contributed by atoms with Crippen LogP contribution in [-0.2, 0) is 16.6 Å². The van der Waals surface area contributed by atoms with Gasteiger partial charge in [-0.15, -0.1) is 6.58 Å². The molecule has 0 aliphatic rings. The molecule has 6 nitrogen and oxygen atoms in total. The maximum atomic E-state index is 12.9. The van der Waals surface area contributed by atoms with Crippen molar-refractivity contribution < 1.29 is 8.42 Å². The number of hydrogen-bond acceptors (Lipinski definition) is 4. The third-order valence-electron chi connectivity index (χ3n) is 3.34. The number of hydrogen-bond donors (Lipinski definition) is 1. The van der Waals surface area contributed by atoms with E-state index in [0.29, 0.717) is 29.4 Å². The molecule has 0 radical (unpaired) electrons. The van der Waals surface area contributed by atoms with E-state index in [9.17, 15) is 8.42 Å². The summed E-state index contributed by atoms with van der Waals surface area (Å²) in [6.07, 6.45) is 1.60. The van der Waals surface area contributed by atoms with Crippen molar-refractivity contribution in [1.29, 1.82) is 0 Å². The lowest BCUT2D eigenvalue weighted by Crippen LogP contribution is -2.37. The summed E-state index contributed by atoms with van der Waals surface area (Å²) < 4.78 is 29.0. The zero-order chi connectivity index (χ0) is 16.2. The minimum Gasteiger partial charge on any atom is -0.318 e. The predicted molar refractivity (Wildman–Crippen MR) is 84.9 cm³/mol. The summed E-state index contributed by atoms with van der Waals surface area (Å²) in [7, 11) is -1.71. The Morgan fingerprint density at radius 3 is 2.52 bits per heavy atom. The molecule has 0 aliphatic heterocycles. The normalized spacial score (nSPS) is 12.3. The van der Waals surface area contributed by atoms with Gasteiger partial charge in [-0.2, -0.15) is 9.40 Å². The molecule has 1 aromatic rings. The van der Waals surface area contributed by atoms with Gasteiger partial charge in [-0.1, -0.05) is 6.08 Å². The molecule has 0 saturated heterocycles. The highest BCUT2D eigenvalue weighted by Gasteiger charge is 2.31. The third kappa shape index (κ3) is 3.72. The summed E-state index contributed by atoms with van der Waals surface area (Å²) >= 11 is 0. The van der Waals surface area contributed by atoms with Gasteiger partial charge < -0.3 is 5.32 Å². The van der Waals surface area contributed by atoms with Crippen LogP contribution in [0, 0.1) is 13.8 Å². The van der Waals surface area contributed by atoms with E-state index in [1.807, 2.05) is 20.9 Å². The van der Waals surface area contributed by atoms with Crippen molar-refractivity contribution in [1.82, 2.24) is 19.4 Å². The molecule has 1 heterocycles. The van der Waals surface area contributed by atoms with E-state index in [4.69, 9.17) is 0 Å². The van der Waals surface area contributed by atoms with Crippen LogP contribution in [-0.4, -0.2) is 48.7 Å². The SMILES string of the molecule is C=CCN(C(C)C)S(=O)(=O)c1c(C)nn(CCNC)c1C. The van der Waals surface area contributed by atoms with Crippen LogP contribution in [0.2, 0.25) is 0 Å². The molecule has 0 spiro atoms. The molecule has 0 amide bonds. The molecule has 1 rings (SSSR count). The van der Waals surface area contributed by atoms with Crippen LogP contribution in [0.15, 0.2) is 17.6 Å². The molecular formula is C14H26N4O2S. The van der Waals surface area contributed by atoms with Crippen LogP contribution in [0.3, 0.4) is 0 Å². The lowest BCUT2D eigenvalue weighted by molar-refractivity contribution is 0.382. The van der Waals surface area contributed by atoms with Crippen LogP contribution in [0.5, 0.6) is 0 Å². The Morgan fingerprint density at radius 2 is 2.05 bits per heavy atom.